The van der Waals surface area contributed by atoms with Gasteiger partial charge in [-0.3, -0.25) is 4.79 Å². The number of carboxylic acid groups (broad SMARTS) is 1. The Kier molecular flexibility index (Phi) is 3.96. The molecular weight excluding hydrogens is 332 g/mol. The summed E-state index contributed by atoms with van der Waals surface area (Å²) in [5, 5.41) is 16.9. The Labute approximate surface area is 149 Å². The molecule has 2 aromatic carbocycles. The average Bonchev–Trinajstić information content (AvgIpc) is 3.31. The second-order valence-electron chi connectivity index (χ2n) is 6.05. The fourth-order valence-electron chi connectivity index (χ4n) is 3.21. The van der Waals surface area contributed by atoms with Gasteiger partial charge in [-0.25, -0.2) is 9.48 Å². The Balaban J connectivity index is 1.88. The van der Waals surface area contributed by atoms with Crippen molar-refractivity contribution < 1.29 is 14.7 Å². The number of rotatable bonds is 4. The minimum atomic E-state index is -1.11. The van der Waals surface area contributed by atoms with E-state index >= 15 is 0 Å². The van der Waals surface area contributed by atoms with E-state index in [0.717, 1.165) is 23.2 Å². The van der Waals surface area contributed by atoms with Crippen molar-refractivity contribution in [2.24, 2.45) is 0 Å². The van der Waals surface area contributed by atoms with Crippen molar-refractivity contribution in [2.75, 3.05) is 11.4 Å². The van der Waals surface area contributed by atoms with Gasteiger partial charge in [0.1, 0.15) is 0 Å². The van der Waals surface area contributed by atoms with E-state index in [1.54, 1.807) is 17.0 Å². The van der Waals surface area contributed by atoms with Crippen LogP contribution in [0.1, 0.15) is 23.3 Å². The highest BCUT2D eigenvalue weighted by molar-refractivity contribution is 6.00. The fraction of sp³-hybridized carbons (Fsp3) is 0.158. The minimum Gasteiger partial charge on any atom is -0.476 e. The number of benzene rings is 2. The molecule has 7 nitrogen and oxygen atoms in total. The van der Waals surface area contributed by atoms with E-state index in [2.05, 4.69) is 10.3 Å². The molecule has 7 heteroatoms. The van der Waals surface area contributed by atoms with Crippen LogP contribution in [0, 0.1) is 0 Å². The average molecular weight is 348 g/mol. The topological polar surface area (TPSA) is 88.3 Å². The molecule has 0 saturated carbocycles. The molecule has 0 radical (unpaired) electrons. The standard InChI is InChI=1S/C19H16N4O3/c24-18-7-4-10-22(18)16-11-14(23-17(19(25)26)12-20-21-23)8-9-15(16)13-5-2-1-3-6-13/h1-3,5-6,8-9,11-12H,4,7,10H2,(H,25,26). The van der Waals surface area contributed by atoms with Crippen molar-refractivity contribution in [3.05, 3.63) is 60.4 Å². The highest BCUT2D eigenvalue weighted by Crippen LogP contribution is 2.35. The first kappa shape index (κ1) is 16.0. The van der Waals surface area contributed by atoms with Gasteiger partial charge in [0.25, 0.3) is 0 Å². The maximum absolute atomic E-state index is 12.3. The maximum atomic E-state index is 12.3. The third kappa shape index (κ3) is 2.73. The first-order valence-corrected chi connectivity index (χ1v) is 8.29. The van der Waals surface area contributed by atoms with Crippen LogP contribution in [0.5, 0.6) is 0 Å². The number of anilines is 1. The van der Waals surface area contributed by atoms with Crippen molar-refractivity contribution in [1.82, 2.24) is 15.0 Å². The van der Waals surface area contributed by atoms with Crippen molar-refractivity contribution in [2.45, 2.75) is 12.8 Å². The molecule has 0 aliphatic carbocycles. The Morgan fingerprint density at radius 2 is 1.92 bits per heavy atom. The molecule has 0 atom stereocenters. The zero-order chi connectivity index (χ0) is 18.1. The summed E-state index contributed by atoms with van der Waals surface area (Å²) in [4.78, 5) is 25.5. The Morgan fingerprint density at radius 1 is 1.12 bits per heavy atom. The van der Waals surface area contributed by atoms with Crippen molar-refractivity contribution in [1.29, 1.82) is 0 Å². The summed E-state index contributed by atoms with van der Waals surface area (Å²) in [6, 6.07) is 15.3. The van der Waals surface area contributed by atoms with Crippen LogP contribution in [0.15, 0.2) is 54.7 Å². The molecule has 26 heavy (non-hydrogen) atoms. The number of aromatic carboxylic acids is 1. The van der Waals surface area contributed by atoms with Crippen LogP contribution in [0.4, 0.5) is 5.69 Å². The summed E-state index contributed by atoms with van der Waals surface area (Å²) in [6.45, 7) is 0.644. The third-order valence-electron chi connectivity index (χ3n) is 4.44. The number of carboxylic acids is 1. The van der Waals surface area contributed by atoms with Gasteiger partial charge in [0.15, 0.2) is 5.69 Å². The van der Waals surface area contributed by atoms with E-state index in [1.165, 1.54) is 10.9 Å². The summed E-state index contributed by atoms with van der Waals surface area (Å²) in [6.07, 6.45) is 2.53. The summed E-state index contributed by atoms with van der Waals surface area (Å²) < 4.78 is 1.27. The summed E-state index contributed by atoms with van der Waals surface area (Å²) in [5.74, 6) is -1.04. The monoisotopic (exact) mass is 348 g/mol. The highest BCUT2D eigenvalue weighted by Gasteiger charge is 2.25. The lowest BCUT2D eigenvalue weighted by Crippen LogP contribution is -2.24. The summed E-state index contributed by atoms with van der Waals surface area (Å²) in [5.41, 5.74) is 3.18. The van der Waals surface area contributed by atoms with Crippen molar-refractivity contribution >= 4 is 17.6 Å². The van der Waals surface area contributed by atoms with Gasteiger partial charge in [-0.05, 0) is 24.1 Å². The lowest BCUT2D eigenvalue weighted by Gasteiger charge is -2.21. The summed E-state index contributed by atoms with van der Waals surface area (Å²) in [7, 11) is 0. The third-order valence-corrected chi connectivity index (χ3v) is 4.44. The van der Waals surface area contributed by atoms with Crippen LogP contribution in [-0.2, 0) is 4.79 Å². The van der Waals surface area contributed by atoms with Crippen LogP contribution in [0.25, 0.3) is 16.8 Å². The van der Waals surface area contributed by atoms with Crippen molar-refractivity contribution in [3.8, 4) is 16.8 Å². The second-order valence-corrected chi connectivity index (χ2v) is 6.05. The zero-order valence-corrected chi connectivity index (χ0v) is 13.9. The number of hydrogen-bond donors (Lipinski definition) is 1. The van der Waals surface area contributed by atoms with Gasteiger partial charge in [-0.2, -0.15) is 0 Å². The molecule has 1 fully saturated rings. The van der Waals surface area contributed by atoms with Gasteiger partial charge >= 0.3 is 5.97 Å². The van der Waals surface area contributed by atoms with Gasteiger partial charge in [-0.15, -0.1) is 5.10 Å². The zero-order valence-electron chi connectivity index (χ0n) is 13.9. The van der Waals surface area contributed by atoms with Gasteiger partial charge in [-0.1, -0.05) is 41.6 Å². The molecule has 1 aliphatic heterocycles. The van der Waals surface area contributed by atoms with Crippen molar-refractivity contribution in [3.63, 3.8) is 0 Å². The van der Waals surface area contributed by atoms with Crippen LogP contribution in [0.3, 0.4) is 0 Å². The molecule has 1 saturated heterocycles. The van der Waals surface area contributed by atoms with Crippen LogP contribution in [0.2, 0.25) is 0 Å². The lowest BCUT2D eigenvalue weighted by molar-refractivity contribution is -0.117. The van der Waals surface area contributed by atoms with Crippen LogP contribution < -0.4 is 4.90 Å². The normalized spacial score (nSPS) is 14.0. The second kappa shape index (κ2) is 6.44. The highest BCUT2D eigenvalue weighted by atomic mass is 16.4. The number of nitrogens with zero attached hydrogens (tertiary/aromatic N) is 4. The number of carbonyl (C=O) groups excluding carboxylic acids is 1. The van der Waals surface area contributed by atoms with E-state index in [1.807, 2.05) is 36.4 Å². The smallest absolute Gasteiger partial charge is 0.356 e. The Hall–Kier alpha value is -3.48. The Morgan fingerprint density at radius 3 is 2.62 bits per heavy atom. The number of carbonyl (C=O) groups is 2. The number of amides is 1. The van der Waals surface area contributed by atoms with Gasteiger partial charge < -0.3 is 10.0 Å². The molecule has 4 rings (SSSR count). The predicted octanol–water partition coefficient (Wildman–Crippen LogP) is 2.76. The molecule has 130 valence electrons. The molecule has 3 aromatic rings. The molecule has 1 amide bonds. The van der Waals surface area contributed by atoms with E-state index < -0.39 is 5.97 Å². The SMILES string of the molecule is O=C(O)c1cnnn1-c1ccc(-c2ccccc2)c(N2CCCC2=O)c1. The molecule has 0 unspecified atom stereocenters. The van der Waals surface area contributed by atoms with Crippen LogP contribution >= 0.6 is 0 Å². The quantitative estimate of drug-likeness (QED) is 0.783. The van der Waals surface area contributed by atoms with E-state index in [4.69, 9.17) is 0 Å². The van der Waals surface area contributed by atoms with Gasteiger partial charge in [0.05, 0.1) is 17.6 Å². The molecule has 0 bridgehead atoms. The maximum Gasteiger partial charge on any atom is 0.356 e. The van der Waals surface area contributed by atoms with E-state index in [0.29, 0.717) is 18.7 Å². The molecule has 2 heterocycles. The molecule has 1 aliphatic rings. The molecule has 0 spiro atoms. The van der Waals surface area contributed by atoms with E-state index in [-0.39, 0.29) is 11.6 Å². The summed E-state index contributed by atoms with van der Waals surface area (Å²) >= 11 is 0. The lowest BCUT2D eigenvalue weighted by atomic mass is 10.0. The predicted molar refractivity (Wildman–Crippen MR) is 95.3 cm³/mol. The number of hydrogen-bond acceptors (Lipinski definition) is 4. The number of aromatic nitrogens is 3. The first-order chi connectivity index (χ1) is 12.6. The first-order valence-electron chi connectivity index (χ1n) is 8.29. The van der Waals surface area contributed by atoms with Gasteiger partial charge in [0.2, 0.25) is 5.91 Å². The molecule has 1 N–H and O–H groups in total. The Bertz CT molecular complexity index is 981. The largest absolute Gasteiger partial charge is 0.476 e. The molecular formula is C19H16N4O3. The minimum absolute atomic E-state index is 0.0313. The fourth-order valence-corrected chi connectivity index (χ4v) is 3.21. The molecule has 1 aromatic heterocycles. The van der Waals surface area contributed by atoms with E-state index in [9.17, 15) is 14.7 Å². The van der Waals surface area contributed by atoms with Crippen LogP contribution in [-0.4, -0.2) is 38.5 Å². The van der Waals surface area contributed by atoms with Gasteiger partial charge in [0, 0.05) is 18.5 Å².